The third kappa shape index (κ3) is 2.75. The first-order chi connectivity index (χ1) is 7.43. The average Bonchev–Trinajstić information content (AvgIpc) is 2.25. The number of thioether (sulfide) groups is 1. The molecule has 90 valence electrons. The van der Waals surface area contributed by atoms with Crippen LogP contribution in [0.1, 0.15) is 0 Å². The van der Waals surface area contributed by atoms with Gasteiger partial charge in [-0.1, -0.05) is 0 Å². The van der Waals surface area contributed by atoms with Crippen molar-refractivity contribution < 1.29 is 17.9 Å². The van der Waals surface area contributed by atoms with Crippen LogP contribution in [-0.2, 0) is 9.05 Å². The van der Waals surface area contributed by atoms with E-state index in [4.69, 9.17) is 20.2 Å². The first-order valence-corrected chi connectivity index (χ1v) is 7.72. The van der Waals surface area contributed by atoms with Crippen LogP contribution in [0.3, 0.4) is 0 Å². The van der Waals surface area contributed by atoms with Crippen molar-refractivity contribution in [3.8, 4) is 11.5 Å². The lowest BCUT2D eigenvalue weighted by atomic mass is 10.3. The fraction of sp³-hybridized carbons (Fsp3) is 0.333. The summed E-state index contributed by atoms with van der Waals surface area (Å²) >= 11 is 1.37. The summed E-state index contributed by atoms with van der Waals surface area (Å²) in [6.45, 7) is 0. The van der Waals surface area contributed by atoms with Crippen LogP contribution in [0, 0.1) is 0 Å². The molecule has 0 aliphatic heterocycles. The van der Waals surface area contributed by atoms with Gasteiger partial charge in [0.2, 0.25) is 0 Å². The summed E-state index contributed by atoms with van der Waals surface area (Å²) in [4.78, 5) is 0.629. The predicted octanol–water partition coefficient (Wildman–Crippen LogP) is 2.35. The average molecular weight is 283 g/mol. The fourth-order valence-electron chi connectivity index (χ4n) is 1.19. The Bertz CT molecular complexity index is 485. The quantitative estimate of drug-likeness (QED) is 0.627. The molecule has 16 heavy (non-hydrogen) atoms. The molecule has 0 spiro atoms. The van der Waals surface area contributed by atoms with Crippen LogP contribution in [0.25, 0.3) is 0 Å². The highest BCUT2D eigenvalue weighted by Gasteiger charge is 2.20. The van der Waals surface area contributed by atoms with Crippen molar-refractivity contribution in [2.24, 2.45) is 0 Å². The lowest BCUT2D eigenvalue weighted by Crippen LogP contribution is -1.98. The van der Waals surface area contributed by atoms with Gasteiger partial charge in [-0.15, -0.1) is 11.8 Å². The normalized spacial score (nSPS) is 11.2. The fourth-order valence-corrected chi connectivity index (χ4v) is 2.85. The second-order valence-corrected chi connectivity index (χ2v) is 6.18. The van der Waals surface area contributed by atoms with Crippen LogP contribution in [-0.4, -0.2) is 28.9 Å². The van der Waals surface area contributed by atoms with Gasteiger partial charge in [-0.05, 0) is 12.3 Å². The van der Waals surface area contributed by atoms with E-state index in [1.165, 1.54) is 38.1 Å². The minimum absolute atomic E-state index is 0.0539. The monoisotopic (exact) mass is 282 g/mol. The molecule has 0 saturated carbocycles. The van der Waals surface area contributed by atoms with Crippen LogP contribution in [0.4, 0.5) is 0 Å². The van der Waals surface area contributed by atoms with Gasteiger partial charge < -0.3 is 9.47 Å². The third-order valence-corrected chi connectivity index (χ3v) is 4.03. The lowest BCUT2D eigenvalue weighted by Gasteiger charge is -2.11. The predicted molar refractivity (Wildman–Crippen MR) is 64.4 cm³/mol. The molecule has 0 N–H and O–H groups in total. The largest absolute Gasteiger partial charge is 0.495 e. The zero-order chi connectivity index (χ0) is 12.3. The van der Waals surface area contributed by atoms with E-state index in [0.717, 1.165) is 0 Å². The summed E-state index contributed by atoms with van der Waals surface area (Å²) in [5, 5.41) is 0. The molecule has 1 aromatic rings. The minimum atomic E-state index is -3.82. The number of halogens is 1. The van der Waals surface area contributed by atoms with Gasteiger partial charge in [0, 0.05) is 16.7 Å². The maximum absolute atomic E-state index is 11.3. The second kappa shape index (κ2) is 5.16. The van der Waals surface area contributed by atoms with Gasteiger partial charge in [-0.25, -0.2) is 8.42 Å². The molecule has 0 aromatic heterocycles. The lowest BCUT2D eigenvalue weighted by molar-refractivity contribution is 0.380. The van der Waals surface area contributed by atoms with Crippen LogP contribution in [0.2, 0.25) is 0 Å². The van der Waals surface area contributed by atoms with Gasteiger partial charge in [0.05, 0.1) is 19.1 Å². The van der Waals surface area contributed by atoms with E-state index in [9.17, 15) is 8.42 Å². The van der Waals surface area contributed by atoms with E-state index in [1.807, 2.05) is 6.26 Å². The molecule has 0 radical (unpaired) electrons. The van der Waals surface area contributed by atoms with Gasteiger partial charge in [0.15, 0.2) is 0 Å². The maximum atomic E-state index is 11.3. The summed E-state index contributed by atoms with van der Waals surface area (Å²) in [6.07, 6.45) is 1.81. The molecule has 0 aliphatic carbocycles. The number of rotatable bonds is 4. The maximum Gasteiger partial charge on any atom is 0.265 e. The molecule has 0 heterocycles. The summed E-state index contributed by atoms with van der Waals surface area (Å²) in [5.74, 6) is 0.720. The van der Waals surface area contributed by atoms with Gasteiger partial charge in [-0.2, -0.15) is 0 Å². The molecule has 7 heteroatoms. The molecule has 0 atom stereocenters. The zero-order valence-corrected chi connectivity index (χ0v) is 11.4. The Morgan fingerprint density at radius 2 is 1.75 bits per heavy atom. The smallest absolute Gasteiger partial charge is 0.265 e. The van der Waals surface area contributed by atoms with Crippen LogP contribution in [0.15, 0.2) is 21.9 Å². The SMILES string of the molecule is COc1cc(OC)c(S(=O)(=O)Cl)cc1SC. The van der Waals surface area contributed by atoms with E-state index in [-0.39, 0.29) is 10.6 Å². The second-order valence-electron chi connectivity index (χ2n) is 2.80. The molecule has 4 nitrogen and oxygen atoms in total. The Morgan fingerprint density at radius 3 is 2.12 bits per heavy atom. The van der Waals surface area contributed by atoms with Crippen molar-refractivity contribution in [1.29, 1.82) is 0 Å². The molecule has 0 bridgehead atoms. The molecule has 0 amide bonds. The van der Waals surface area contributed by atoms with Crippen LogP contribution < -0.4 is 9.47 Å². The Hall–Kier alpha value is -0.590. The van der Waals surface area contributed by atoms with Gasteiger partial charge in [0.25, 0.3) is 9.05 Å². The summed E-state index contributed by atoms with van der Waals surface area (Å²) in [5.41, 5.74) is 0. The standard InChI is InChI=1S/C9H11ClO4S2/c1-13-6-4-7(14-2)9(16(10,11)12)5-8(6)15-3/h4-5H,1-3H3. The first-order valence-electron chi connectivity index (χ1n) is 4.18. The Balaban J connectivity index is 3.50. The molecule has 1 aromatic carbocycles. The van der Waals surface area contributed by atoms with E-state index in [0.29, 0.717) is 10.6 Å². The zero-order valence-electron chi connectivity index (χ0n) is 8.98. The van der Waals surface area contributed by atoms with Gasteiger partial charge in [-0.3, -0.25) is 0 Å². The topological polar surface area (TPSA) is 52.6 Å². The molecular formula is C9H11ClO4S2. The summed E-state index contributed by atoms with van der Waals surface area (Å²) < 4.78 is 32.7. The first kappa shape index (κ1) is 13.5. The van der Waals surface area contributed by atoms with Crippen LogP contribution in [0.5, 0.6) is 11.5 Å². The van der Waals surface area contributed by atoms with E-state index in [1.54, 1.807) is 0 Å². The number of methoxy groups -OCH3 is 2. The molecule has 1 rings (SSSR count). The third-order valence-electron chi connectivity index (χ3n) is 1.93. The van der Waals surface area contributed by atoms with Crippen LogP contribution >= 0.6 is 22.4 Å². The Morgan fingerprint density at radius 1 is 1.19 bits per heavy atom. The Kier molecular flexibility index (Phi) is 4.35. The van der Waals surface area contributed by atoms with E-state index < -0.39 is 9.05 Å². The van der Waals surface area contributed by atoms with Crippen molar-refractivity contribution in [1.82, 2.24) is 0 Å². The molecule has 0 fully saturated rings. The molecule has 0 unspecified atom stereocenters. The highest BCUT2D eigenvalue weighted by Crippen LogP contribution is 2.37. The van der Waals surface area contributed by atoms with Crippen molar-refractivity contribution in [3.63, 3.8) is 0 Å². The highest BCUT2D eigenvalue weighted by atomic mass is 35.7. The summed E-state index contributed by atoms with van der Waals surface area (Å²) in [6, 6.07) is 2.94. The number of hydrogen-bond donors (Lipinski definition) is 0. The van der Waals surface area contributed by atoms with Gasteiger partial charge >= 0.3 is 0 Å². The summed E-state index contributed by atoms with van der Waals surface area (Å²) in [7, 11) is 4.36. The van der Waals surface area contributed by atoms with Crippen molar-refractivity contribution >= 4 is 31.5 Å². The van der Waals surface area contributed by atoms with Crippen molar-refractivity contribution in [2.75, 3.05) is 20.5 Å². The van der Waals surface area contributed by atoms with Gasteiger partial charge in [0.1, 0.15) is 16.4 Å². The van der Waals surface area contributed by atoms with Crippen molar-refractivity contribution in [3.05, 3.63) is 12.1 Å². The van der Waals surface area contributed by atoms with E-state index >= 15 is 0 Å². The van der Waals surface area contributed by atoms with Crippen molar-refractivity contribution in [2.45, 2.75) is 9.79 Å². The number of hydrogen-bond acceptors (Lipinski definition) is 5. The Labute approximate surface area is 103 Å². The minimum Gasteiger partial charge on any atom is -0.495 e. The molecular weight excluding hydrogens is 272 g/mol. The number of ether oxygens (including phenoxy) is 2. The number of benzene rings is 1. The van der Waals surface area contributed by atoms with E-state index in [2.05, 4.69) is 0 Å². The molecule has 0 aliphatic rings. The molecule has 0 saturated heterocycles. The highest BCUT2D eigenvalue weighted by molar-refractivity contribution is 8.13.